The normalized spacial score (nSPS) is 16.2. The third kappa shape index (κ3) is 4.89. The summed E-state index contributed by atoms with van der Waals surface area (Å²) >= 11 is 5.97. The summed E-state index contributed by atoms with van der Waals surface area (Å²) in [6.07, 6.45) is 0.0457. The number of hydrogen-bond acceptors (Lipinski definition) is 4. The predicted molar refractivity (Wildman–Crippen MR) is 107 cm³/mol. The van der Waals surface area contributed by atoms with E-state index in [1.54, 1.807) is 24.3 Å². The van der Waals surface area contributed by atoms with Crippen LogP contribution in [0.15, 0.2) is 42.5 Å². The van der Waals surface area contributed by atoms with Gasteiger partial charge in [0.15, 0.2) is 6.61 Å². The van der Waals surface area contributed by atoms with Gasteiger partial charge in [-0.05, 0) is 55.3 Å². The topological polar surface area (TPSA) is 75.7 Å². The maximum absolute atomic E-state index is 12.3. The number of hydrogen-bond donors (Lipinski definition) is 1. The van der Waals surface area contributed by atoms with Crippen molar-refractivity contribution < 1.29 is 19.1 Å². The number of carbonyl (C=O) groups excluding carboxylic acids is 3. The molecule has 3 rings (SSSR count). The van der Waals surface area contributed by atoms with Crippen molar-refractivity contribution in [3.63, 3.8) is 0 Å². The van der Waals surface area contributed by atoms with Gasteiger partial charge in [-0.3, -0.25) is 14.4 Å². The van der Waals surface area contributed by atoms with Crippen LogP contribution in [0.3, 0.4) is 0 Å². The Hall–Kier alpha value is -2.86. The van der Waals surface area contributed by atoms with Crippen LogP contribution >= 0.6 is 11.6 Å². The minimum absolute atomic E-state index is 0.0457. The van der Waals surface area contributed by atoms with Crippen LogP contribution in [-0.4, -0.2) is 30.9 Å². The molecule has 28 heavy (non-hydrogen) atoms. The van der Waals surface area contributed by atoms with Crippen LogP contribution in [0.5, 0.6) is 0 Å². The lowest BCUT2D eigenvalue weighted by molar-refractivity contribution is -0.151. The fourth-order valence-corrected chi connectivity index (χ4v) is 3.44. The fraction of sp³-hybridized carbons (Fsp3) is 0.286. The number of halogens is 1. The van der Waals surface area contributed by atoms with E-state index >= 15 is 0 Å². The van der Waals surface area contributed by atoms with Gasteiger partial charge in [0.2, 0.25) is 5.91 Å². The summed E-state index contributed by atoms with van der Waals surface area (Å²) < 4.78 is 5.12. The lowest BCUT2D eigenvalue weighted by Gasteiger charge is -2.16. The summed E-state index contributed by atoms with van der Waals surface area (Å²) in [5, 5.41) is 3.22. The van der Waals surface area contributed by atoms with Gasteiger partial charge in [-0.1, -0.05) is 23.7 Å². The molecule has 0 aliphatic carbocycles. The Morgan fingerprint density at radius 1 is 1.18 bits per heavy atom. The first-order valence-corrected chi connectivity index (χ1v) is 9.30. The largest absolute Gasteiger partial charge is 0.455 e. The molecule has 1 atom stereocenters. The first-order chi connectivity index (χ1) is 13.3. The van der Waals surface area contributed by atoms with Gasteiger partial charge in [0.1, 0.15) is 0 Å². The Balaban J connectivity index is 1.53. The highest BCUT2D eigenvalue weighted by Gasteiger charge is 2.36. The summed E-state index contributed by atoms with van der Waals surface area (Å²) in [6, 6.07) is 12.6. The van der Waals surface area contributed by atoms with Crippen LogP contribution in [0.2, 0.25) is 5.02 Å². The molecule has 1 saturated heterocycles. The summed E-state index contributed by atoms with van der Waals surface area (Å²) in [6.45, 7) is 3.68. The number of anilines is 2. The summed E-state index contributed by atoms with van der Waals surface area (Å²) in [7, 11) is 0. The number of nitrogens with one attached hydrogen (secondary N) is 1. The van der Waals surface area contributed by atoms with Gasteiger partial charge in [0.05, 0.1) is 5.92 Å². The van der Waals surface area contributed by atoms with Crippen LogP contribution in [0.1, 0.15) is 17.5 Å². The van der Waals surface area contributed by atoms with Gasteiger partial charge >= 0.3 is 5.97 Å². The zero-order valence-electron chi connectivity index (χ0n) is 15.7. The number of esters is 1. The number of nitrogens with zero attached hydrogens (tertiary/aromatic N) is 1. The van der Waals surface area contributed by atoms with E-state index in [2.05, 4.69) is 5.32 Å². The van der Waals surface area contributed by atoms with E-state index in [1.807, 2.05) is 32.0 Å². The first kappa shape index (κ1) is 19.9. The molecule has 2 aromatic carbocycles. The zero-order chi connectivity index (χ0) is 20.3. The van der Waals surface area contributed by atoms with Crippen LogP contribution in [0.25, 0.3) is 0 Å². The Labute approximate surface area is 168 Å². The Bertz CT molecular complexity index is 908. The molecule has 1 N–H and O–H groups in total. The minimum Gasteiger partial charge on any atom is -0.455 e. The monoisotopic (exact) mass is 400 g/mol. The van der Waals surface area contributed by atoms with Gasteiger partial charge in [0, 0.05) is 29.4 Å². The highest BCUT2D eigenvalue weighted by molar-refractivity contribution is 6.31. The molecule has 1 fully saturated rings. The van der Waals surface area contributed by atoms with E-state index in [-0.39, 0.29) is 18.9 Å². The number of amides is 2. The van der Waals surface area contributed by atoms with E-state index in [4.69, 9.17) is 16.3 Å². The van der Waals surface area contributed by atoms with E-state index < -0.39 is 24.4 Å². The lowest BCUT2D eigenvalue weighted by Crippen LogP contribution is -2.28. The summed E-state index contributed by atoms with van der Waals surface area (Å²) in [5.41, 5.74) is 3.35. The molecule has 7 heteroatoms. The molecule has 1 heterocycles. The molecule has 0 aromatic heterocycles. The van der Waals surface area contributed by atoms with Gasteiger partial charge in [-0.15, -0.1) is 0 Å². The Morgan fingerprint density at radius 2 is 1.89 bits per heavy atom. The van der Waals surface area contributed by atoms with Crippen molar-refractivity contribution in [2.75, 3.05) is 23.4 Å². The standard InChI is InChI=1S/C21H21ClN2O4/c1-13-6-14(2)8-17(7-13)23-19(25)12-28-21(27)15-9-20(26)24(11-15)18-5-3-4-16(22)10-18/h3-8,10,15H,9,11-12H2,1-2H3,(H,23,25)/t15-/m1/s1. The molecule has 0 bridgehead atoms. The third-order valence-electron chi connectivity index (χ3n) is 4.43. The van der Waals surface area contributed by atoms with Crippen LogP contribution in [0.4, 0.5) is 11.4 Å². The summed E-state index contributed by atoms with van der Waals surface area (Å²) in [5.74, 6) is -1.77. The molecule has 0 unspecified atom stereocenters. The number of benzene rings is 2. The highest BCUT2D eigenvalue weighted by Crippen LogP contribution is 2.27. The highest BCUT2D eigenvalue weighted by atomic mass is 35.5. The molecule has 0 spiro atoms. The molecule has 1 aliphatic heterocycles. The summed E-state index contributed by atoms with van der Waals surface area (Å²) in [4.78, 5) is 38.1. The van der Waals surface area contributed by atoms with E-state index in [1.165, 1.54) is 4.90 Å². The third-order valence-corrected chi connectivity index (χ3v) is 4.66. The van der Waals surface area contributed by atoms with Crippen LogP contribution < -0.4 is 10.2 Å². The molecular weight excluding hydrogens is 380 g/mol. The fourth-order valence-electron chi connectivity index (χ4n) is 3.26. The van der Waals surface area contributed by atoms with Crippen molar-refractivity contribution in [2.45, 2.75) is 20.3 Å². The second-order valence-electron chi connectivity index (χ2n) is 6.92. The maximum atomic E-state index is 12.3. The zero-order valence-corrected chi connectivity index (χ0v) is 16.5. The van der Waals surface area contributed by atoms with Crippen molar-refractivity contribution in [2.24, 2.45) is 5.92 Å². The lowest BCUT2D eigenvalue weighted by atomic mass is 10.1. The van der Waals surface area contributed by atoms with Gasteiger partial charge in [-0.25, -0.2) is 0 Å². The van der Waals surface area contributed by atoms with Crippen molar-refractivity contribution in [1.29, 1.82) is 0 Å². The second-order valence-corrected chi connectivity index (χ2v) is 7.35. The van der Waals surface area contributed by atoms with Crippen LogP contribution in [-0.2, 0) is 19.1 Å². The van der Waals surface area contributed by atoms with Crippen molar-refractivity contribution in [3.8, 4) is 0 Å². The predicted octanol–water partition coefficient (Wildman–Crippen LogP) is 3.49. The SMILES string of the molecule is Cc1cc(C)cc(NC(=O)COC(=O)[C@@H]2CC(=O)N(c3cccc(Cl)c3)C2)c1. The van der Waals surface area contributed by atoms with Gasteiger partial charge in [-0.2, -0.15) is 0 Å². The van der Waals surface area contributed by atoms with Gasteiger partial charge < -0.3 is 15.0 Å². The average molecular weight is 401 g/mol. The molecule has 2 amide bonds. The molecule has 2 aromatic rings. The van der Waals surface area contributed by atoms with Gasteiger partial charge in [0.25, 0.3) is 5.91 Å². The molecular formula is C21H21ClN2O4. The van der Waals surface area contributed by atoms with Crippen molar-refractivity contribution in [1.82, 2.24) is 0 Å². The second kappa shape index (κ2) is 8.44. The number of ether oxygens (including phenoxy) is 1. The molecule has 0 saturated carbocycles. The Kier molecular flexibility index (Phi) is 5.99. The first-order valence-electron chi connectivity index (χ1n) is 8.92. The molecule has 146 valence electrons. The number of aryl methyl sites for hydroxylation is 2. The maximum Gasteiger partial charge on any atom is 0.311 e. The number of carbonyl (C=O) groups is 3. The van der Waals surface area contributed by atoms with E-state index in [0.29, 0.717) is 16.4 Å². The quantitative estimate of drug-likeness (QED) is 0.779. The van der Waals surface area contributed by atoms with Crippen LogP contribution in [0, 0.1) is 19.8 Å². The molecule has 0 radical (unpaired) electrons. The van der Waals surface area contributed by atoms with E-state index in [9.17, 15) is 14.4 Å². The van der Waals surface area contributed by atoms with Crippen molar-refractivity contribution >= 4 is 40.8 Å². The Morgan fingerprint density at radius 3 is 2.57 bits per heavy atom. The average Bonchev–Trinajstić information content (AvgIpc) is 3.00. The minimum atomic E-state index is -0.611. The number of rotatable bonds is 5. The van der Waals surface area contributed by atoms with Crippen molar-refractivity contribution in [3.05, 3.63) is 58.6 Å². The smallest absolute Gasteiger partial charge is 0.311 e. The molecule has 1 aliphatic rings. The van der Waals surface area contributed by atoms with E-state index in [0.717, 1.165) is 11.1 Å². The molecule has 6 nitrogen and oxygen atoms in total.